The quantitative estimate of drug-likeness (QED) is 0.344. The van der Waals surface area contributed by atoms with E-state index >= 15 is 0 Å². The zero-order valence-corrected chi connectivity index (χ0v) is 19.1. The maximum atomic E-state index is 12.5. The molecule has 3 aromatic rings. The largest absolute Gasteiger partial charge is 0.462 e. The number of carbonyl (C=O) groups is 1. The van der Waals surface area contributed by atoms with Gasteiger partial charge in [0.1, 0.15) is 21.3 Å². The first-order chi connectivity index (χ1) is 15.2. The number of rotatable bonds is 8. The molecule has 0 unspecified atom stereocenters. The van der Waals surface area contributed by atoms with Gasteiger partial charge in [-0.2, -0.15) is 0 Å². The molecule has 162 valence electrons. The van der Waals surface area contributed by atoms with E-state index in [0.717, 1.165) is 40.4 Å². The molecule has 4 rings (SSSR count). The number of hydrogen-bond acceptors (Lipinski definition) is 6. The van der Waals surface area contributed by atoms with Crippen LogP contribution >= 0.6 is 11.3 Å². The lowest BCUT2D eigenvalue weighted by molar-refractivity contribution is 0.0531. The van der Waals surface area contributed by atoms with E-state index in [1.165, 1.54) is 48.2 Å². The van der Waals surface area contributed by atoms with Crippen LogP contribution in [0.1, 0.15) is 65.7 Å². The smallest absolute Gasteiger partial charge is 0.348 e. The minimum Gasteiger partial charge on any atom is -0.462 e. The summed E-state index contributed by atoms with van der Waals surface area (Å²) < 4.78 is 5.26. The normalized spacial score (nSPS) is 13.8. The van der Waals surface area contributed by atoms with Gasteiger partial charge in [-0.05, 0) is 57.1 Å². The van der Waals surface area contributed by atoms with Gasteiger partial charge in [0.2, 0.25) is 0 Å². The highest BCUT2D eigenvalue weighted by molar-refractivity contribution is 7.20. The van der Waals surface area contributed by atoms with E-state index in [0.29, 0.717) is 17.9 Å². The molecule has 0 saturated heterocycles. The average Bonchev–Trinajstić information content (AvgIpc) is 3.12. The van der Waals surface area contributed by atoms with Gasteiger partial charge in [0, 0.05) is 13.0 Å². The molecule has 2 heterocycles. The van der Waals surface area contributed by atoms with Gasteiger partial charge in [0.05, 0.1) is 12.0 Å². The van der Waals surface area contributed by atoms with Crippen molar-refractivity contribution in [3.05, 3.63) is 63.8 Å². The number of nitrogens with one attached hydrogen (secondary N) is 1. The van der Waals surface area contributed by atoms with Gasteiger partial charge < -0.3 is 10.1 Å². The summed E-state index contributed by atoms with van der Waals surface area (Å²) in [6, 6.07) is 10.2. The Labute approximate surface area is 187 Å². The molecule has 1 aliphatic rings. The summed E-state index contributed by atoms with van der Waals surface area (Å²) >= 11 is 1.40. The van der Waals surface area contributed by atoms with Crippen LogP contribution in [-0.2, 0) is 11.2 Å². The number of carbonyl (C=O) groups excluding carboxylic acids is 1. The maximum Gasteiger partial charge on any atom is 0.348 e. The molecule has 6 heteroatoms. The third kappa shape index (κ3) is 5.13. The zero-order valence-electron chi connectivity index (χ0n) is 18.2. The number of nitrogens with zero attached hydrogens (tertiary/aromatic N) is 2. The fourth-order valence-electron chi connectivity index (χ4n) is 4.03. The first-order valence-electron chi connectivity index (χ1n) is 11.1. The zero-order chi connectivity index (χ0) is 21.6. The van der Waals surface area contributed by atoms with Crippen molar-refractivity contribution in [3.8, 4) is 0 Å². The third-order valence-electron chi connectivity index (χ3n) is 5.63. The van der Waals surface area contributed by atoms with E-state index in [1.54, 1.807) is 0 Å². The average molecular weight is 436 g/mol. The summed E-state index contributed by atoms with van der Waals surface area (Å²) in [6.07, 6.45) is 9.05. The molecule has 0 spiro atoms. The second kappa shape index (κ2) is 10.1. The van der Waals surface area contributed by atoms with Crippen molar-refractivity contribution in [1.82, 2.24) is 9.97 Å². The fourth-order valence-corrected chi connectivity index (χ4v) is 5.13. The van der Waals surface area contributed by atoms with Crippen LogP contribution in [-0.4, -0.2) is 29.1 Å². The second-order valence-corrected chi connectivity index (χ2v) is 8.89. The second-order valence-electron chi connectivity index (χ2n) is 7.89. The van der Waals surface area contributed by atoms with Crippen molar-refractivity contribution in [1.29, 1.82) is 0 Å². The SMILES string of the molecule is CCOC(=O)c1sc2nc(Cc3ccccc3)nc(NCCC3=CCCCC3)c2c1C. The lowest BCUT2D eigenvalue weighted by Gasteiger charge is -2.14. The first-order valence-corrected chi connectivity index (χ1v) is 11.9. The van der Waals surface area contributed by atoms with E-state index in [1.807, 2.05) is 32.0 Å². The fraction of sp³-hybridized carbons (Fsp3) is 0.400. The Balaban J connectivity index is 1.65. The summed E-state index contributed by atoms with van der Waals surface area (Å²) in [7, 11) is 0. The molecule has 0 fully saturated rings. The Morgan fingerprint density at radius 1 is 1.19 bits per heavy atom. The Morgan fingerprint density at radius 2 is 2.03 bits per heavy atom. The highest BCUT2D eigenvalue weighted by atomic mass is 32.1. The number of thiophene rings is 1. The molecule has 1 aromatic carbocycles. The molecular formula is C25H29N3O2S. The highest BCUT2D eigenvalue weighted by Crippen LogP contribution is 2.35. The predicted molar refractivity (Wildman–Crippen MR) is 127 cm³/mol. The molecule has 5 nitrogen and oxygen atoms in total. The number of anilines is 1. The molecule has 1 N–H and O–H groups in total. The van der Waals surface area contributed by atoms with Crippen LogP contribution in [0.2, 0.25) is 0 Å². The van der Waals surface area contributed by atoms with Gasteiger partial charge in [-0.15, -0.1) is 11.3 Å². The highest BCUT2D eigenvalue weighted by Gasteiger charge is 2.21. The Bertz CT molecular complexity index is 1090. The van der Waals surface area contributed by atoms with Crippen molar-refractivity contribution in [3.63, 3.8) is 0 Å². The van der Waals surface area contributed by atoms with Gasteiger partial charge in [0.15, 0.2) is 0 Å². The van der Waals surface area contributed by atoms with Crippen LogP contribution in [0.4, 0.5) is 5.82 Å². The van der Waals surface area contributed by atoms with Crippen molar-refractivity contribution in [2.75, 3.05) is 18.5 Å². The number of esters is 1. The molecular weight excluding hydrogens is 406 g/mol. The Hall–Kier alpha value is -2.73. The van der Waals surface area contributed by atoms with Gasteiger partial charge in [-0.1, -0.05) is 42.0 Å². The van der Waals surface area contributed by atoms with E-state index < -0.39 is 0 Å². The molecule has 0 amide bonds. The van der Waals surface area contributed by atoms with E-state index in [2.05, 4.69) is 23.5 Å². The summed E-state index contributed by atoms with van der Waals surface area (Å²) in [4.78, 5) is 23.6. The summed E-state index contributed by atoms with van der Waals surface area (Å²) in [5.74, 6) is 1.29. The molecule has 0 aliphatic heterocycles. The number of benzene rings is 1. The number of ether oxygens (including phenoxy) is 1. The van der Waals surface area contributed by atoms with Crippen LogP contribution in [0.15, 0.2) is 42.0 Å². The summed E-state index contributed by atoms with van der Waals surface area (Å²) in [6.45, 7) is 4.97. The molecule has 0 radical (unpaired) electrons. The van der Waals surface area contributed by atoms with Gasteiger partial charge in [-0.25, -0.2) is 14.8 Å². The van der Waals surface area contributed by atoms with Crippen LogP contribution in [0.25, 0.3) is 10.2 Å². The Morgan fingerprint density at radius 3 is 2.77 bits per heavy atom. The number of aryl methyl sites for hydroxylation is 1. The van der Waals surface area contributed by atoms with E-state index in [-0.39, 0.29) is 5.97 Å². The standard InChI is InChI=1S/C25H29N3O2S/c1-3-30-25(29)22-17(2)21-23(26-15-14-18-10-6-4-7-11-18)27-20(28-24(21)31-22)16-19-12-8-5-9-13-19/h5,8-10,12-13H,3-4,6-7,11,14-16H2,1-2H3,(H,26,27,28). The lowest BCUT2D eigenvalue weighted by Crippen LogP contribution is -2.09. The minimum atomic E-state index is -0.286. The lowest BCUT2D eigenvalue weighted by atomic mass is 9.97. The van der Waals surface area contributed by atoms with Gasteiger partial charge >= 0.3 is 5.97 Å². The predicted octanol–water partition coefficient (Wildman–Crippen LogP) is 6.07. The van der Waals surface area contributed by atoms with Crippen molar-refractivity contribution < 1.29 is 9.53 Å². The minimum absolute atomic E-state index is 0.286. The number of allylic oxidation sites excluding steroid dienone is 1. The number of fused-ring (bicyclic) bond motifs is 1. The van der Waals surface area contributed by atoms with Gasteiger partial charge in [-0.3, -0.25) is 0 Å². The van der Waals surface area contributed by atoms with E-state index in [9.17, 15) is 4.79 Å². The Kier molecular flexibility index (Phi) is 6.97. The van der Waals surface area contributed by atoms with Gasteiger partial charge in [0.25, 0.3) is 0 Å². The number of hydrogen-bond donors (Lipinski definition) is 1. The summed E-state index contributed by atoms with van der Waals surface area (Å²) in [5.41, 5.74) is 3.59. The van der Waals surface area contributed by atoms with Crippen molar-refractivity contribution in [2.45, 2.75) is 52.4 Å². The maximum absolute atomic E-state index is 12.5. The van der Waals surface area contributed by atoms with Crippen molar-refractivity contribution in [2.24, 2.45) is 0 Å². The third-order valence-corrected chi connectivity index (χ3v) is 6.79. The van der Waals surface area contributed by atoms with E-state index in [4.69, 9.17) is 14.7 Å². The molecule has 0 saturated carbocycles. The molecule has 2 aromatic heterocycles. The topological polar surface area (TPSA) is 64.1 Å². The summed E-state index contributed by atoms with van der Waals surface area (Å²) in [5, 5.41) is 4.48. The molecule has 31 heavy (non-hydrogen) atoms. The molecule has 0 bridgehead atoms. The van der Waals surface area contributed by atoms with Crippen molar-refractivity contribution >= 4 is 33.3 Å². The molecule has 1 aliphatic carbocycles. The van der Waals surface area contributed by atoms with Crippen LogP contribution < -0.4 is 5.32 Å². The van der Waals surface area contributed by atoms with Crippen LogP contribution in [0.3, 0.4) is 0 Å². The first kappa shape index (κ1) is 21.5. The van der Waals surface area contributed by atoms with Crippen LogP contribution in [0, 0.1) is 6.92 Å². The van der Waals surface area contributed by atoms with Crippen LogP contribution in [0.5, 0.6) is 0 Å². The number of aromatic nitrogens is 2. The monoisotopic (exact) mass is 435 g/mol. The molecule has 0 atom stereocenters.